The quantitative estimate of drug-likeness (QED) is 0.413. The largest absolute Gasteiger partial charge is 0.467 e. The number of benzene rings is 1. The minimum Gasteiger partial charge on any atom is -0.467 e. The second-order valence-corrected chi connectivity index (χ2v) is 8.36. The van der Waals surface area contributed by atoms with Crippen LogP contribution in [-0.4, -0.2) is 37.6 Å². The molecule has 3 aromatic heterocycles. The number of para-hydroxylation sites is 1. The number of thioether (sulfide) groups is 1. The first kappa shape index (κ1) is 19.0. The predicted octanol–water partition coefficient (Wildman–Crippen LogP) is 4.39. The minimum atomic E-state index is 0.636. The fourth-order valence-electron chi connectivity index (χ4n) is 3.72. The van der Waals surface area contributed by atoms with Gasteiger partial charge in [-0.15, -0.1) is 10.2 Å². The second-order valence-electron chi connectivity index (χ2n) is 7.41. The first-order valence-electron chi connectivity index (χ1n) is 10.3. The van der Waals surface area contributed by atoms with Gasteiger partial charge in [-0.05, 0) is 43.5 Å². The fourth-order valence-corrected chi connectivity index (χ4v) is 4.56. The van der Waals surface area contributed by atoms with Crippen molar-refractivity contribution in [3.05, 3.63) is 72.4 Å². The fraction of sp³-hybridized carbons (Fsp3) is 0.318. The summed E-state index contributed by atoms with van der Waals surface area (Å²) in [5.41, 5.74) is 2.21. The van der Waals surface area contributed by atoms with Crippen molar-refractivity contribution < 1.29 is 4.42 Å². The topological polar surface area (TPSA) is 64.9 Å². The Balaban J connectivity index is 1.35. The van der Waals surface area contributed by atoms with E-state index in [1.54, 1.807) is 18.0 Å². The van der Waals surface area contributed by atoms with Crippen LogP contribution in [0.4, 0.5) is 5.95 Å². The molecule has 0 saturated carbocycles. The van der Waals surface area contributed by atoms with Crippen molar-refractivity contribution in [2.24, 2.45) is 0 Å². The molecule has 7 nitrogen and oxygen atoms in total. The molecule has 4 heterocycles. The van der Waals surface area contributed by atoms with Crippen molar-refractivity contribution in [3.63, 3.8) is 0 Å². The standard InChI is InChI=1S/C22H24N6OS/c1-3-8-19(9-4-1)28-15-18(14-23-28)17-30-22-25-24-21(26-11-5-2-6-12-26)27(22)16-20-10-7-13-29-20/h1,3-4,7-10,13-15H,2,5-6,11-12,16-17H2. The number of hydrogen-bond acceptors (Lipinski definition) is 6. The van der Waals surface area contributed by atoms with Crippen LogP contribution in [0, 0.1) is 0 Å². The van der Waals surface area contributed by atoms with Crippen LogP contribution in [0.2, 0.25) is 0 Å². The van der Waals surface area contributed by atoms with Gasteiger partial charge >= 0.3 is 0 Å². The molecule has 8 heteroatoms. The average molecular weight is 421 g/mol. The Morgan fingerprint density at radius 1 is 0.967 bits per heavy atom. The Hall–Kier alpha value is -3.00. The molecule has 4 aromatic rings. The average Bonchev–Trinajstić information content (AvgIpc) is 3.56. The van der Waals surface area contributed by atoms with E-state index >= 15 is 0 Å². The Bertz CT molecular complexity index is 1070. The van der Waals surface area contributed by atoms with Crippen molar-refractivity contribution in [1.29, 1.82) is 0 Å². The lowest BCUT2D eigenvalue weighted by molar-refractivity contribution is 0.479. The van der Waals surface area contributed by atoms with E-state index in [4.69, 9.17) is 4.42 Å². The lowest BCUT2D eigenvalue weighted by Gasteiger charge is -2.27. The number of anilines is 1. The SMILES string of the molecule is c1ccc(-n2cc(CSc3nnc(N4CCCCC4)n3Cc3ccco3)cn2)cc1. The molecular formula is C22H24N6OS. The van der Waals surface area contributed by atoms with Gasteiger partial charge in [-0.1, -0.05) is 30.0 Å². The summed E-state index contributed by atoms with van der Waals surface area (Å²) in [6.45, 7) is 2.70. The summed E-state index contributed by atoms with van der Waals surface area (Å²) < 4.78 is 9.68. The van der Waals surface area contributed by atoms with Gasteiger partial charge in [-0.3, -0.25) is 4.57 Å². The van der Waals surface area contributed by atoms with Gasteiger partial charge in [0, 0.05) is 30.6 Å². The van der Waals surface area contributed by atoms with Crippen LogP contribution >= 0.6 is 11.8 Å². The van der Waals surface area contributed by atoms with Crippen LogP contribution in [0.15, 0.2) is 70.7 Å². The van der Waals surface area contributed by atoms with E-state index < -0.39 is 0 Å². The summed E-state index contributed by atoms with van der Waals surface area (Å²) in [6, 6.07) is 14.1. The summed E-state index contributed by atoms with van der Waals surface area (Å²) in [5.74, 6) is 2.63. The van der Waals surface area contributed by atoms with Crippen LogP contribution in [0.25, 0.3) is 5.69 Å². The monoisotopic (exact) mass is 420 g/mol. The first-order chi connectivity index (χ1) is 14.9. The zero-order valence-electron chi connectivity index (χ0n) is 16.7. The van der Waals surface area contributed by atoms with Crippen molar-refractivity contribution in [2.75, 3.05) is 18.0 Å². The maximum absolute atomic E-state index is 5.60. The third kappa shape index (κ3) is 4.14. The number of nitrogens with zero attached hydrogens (tertiary/aromatic N) is 6. The summed E-state index contributed by atoms with van der Waals surface area (Å²) in [7, 11) is 0. The van der Waals surface area contributed by atoms with Gasteiger partial charge in [-0.25, -0.2) is 4.68 Å². The van der Waals surface area contributed by atoms with Gasteiger partial charge in [0.05, 0.1) is 24.7 Å². The van der Waals surface area contributed by atoms with Gasteiger partial charge in [0.15, 0.2) is 5.16 Å². The van der Waals surface area contributed by atoms with E-state index in [0.29, 0.717) is 6.54 Å². The van der Waals surface area contributed by atoms with E-state index in [1.807, 2.05) is 41.2 Å². The highest BCUT2D eigenvalue weighted by Crippen LogP contribution is 2.28. The zero-order chi connectivity index (χ0) is 20.2. The second kappa shape index (κ2) is 8.79. The molecule has 30 heavy (non-hydrogen) atoms. The van der Waals surface area contributed by atoms with Crippen LogP contribution < -0.4 is 4.90 Å². The molecule has 5 rings (SSSR count). The molecule has 0 atom stereocenters. The Morgan fingerprint density at radius 3 is 2.63 bits per heavy atom. The van der Waals surface area contributed by atoms with E-state index in [2.05, 4.69) is 43.1 Å². The normalized spacial score (nSPS) is 14.3. The molecule has 154 valence electrons. The zero-order valence-corrected chi connectivity index (χ0v) is 17.5. The molecule has 0 bridgehead atoms. The van der Waals surface area contributed by atoms with E-state index in [9.17, 15) is 0 Å². The van der Waals surface area contributed by atoms with Crippen molar-refractivity contribution in [1.82, 2.24) is 24.5 Å². The van der Waals surface area contributed by atoms with Crippen molar-refractivity contribution in [2.45, 2.75) is 36.7 Å². The molecule has 0 N–H and O–H groups in total. The number of furan rings is 1. The Labute approximate surface area is 179 Å². The third-order valence-electron chi connectivity index (χ3n) is 5.26. The number of hydrogen-bond donors (Lipinski definition) is 0. The van der Waals surface area contributed by atoms with Crippen LogP contribution in [0.5, 0.6) is 0 Å². The lowest BCUT2D eigenvalue weighted by Crippen LogP contribution is -2.32. The summed E-state index contributed by atoms with van der Waals surface area (Å²) in [5, 5.41) is 14.5. The van der Waals surface area contributed by atoms with E-state index in [-0.39, 0.29) is 0 Å². The predicted molar refractivity (Wildman–Crippen MR) is 117 cm³/mol. The molecule has 0 amide bonds. The smallest absolute Gasteiger partial charge is 0.228 e. The molecule has 1 aromatic carbocycles. The number of aromatic nitrogens is 5. The number of piperidine rings is 1. The number of rotatable bonds is 7. The molecule has 0 radical (unpaired) electrons. The minimum absolute atomic E-state index is 0.636. The van der Waals surface area contributed by atoms with Gasteiger partial charge in [0.1, 0.15) is 5.76 Å². The van der Waals surface area contributed by atoms with Crippen LogP contribution in [0.3, 0.4) is 0 Å². The van der Waals surface area contributed by atoms with Crippen molar-refractivity contribution >= 4 is 17.7 Å². The first-order valence-corrected chi connectivity index (χ1v) is 11.3. The molecule has 0 unspecified atom stereocenters. The molecule has 1 fully saturated rings. The molecule has 0 aliphatic carbocycles. The summed E-state index contributed by atoms with van der Waals surface area (Å²) >= 11 is 1.68. The summed E-state index contributed by atoms with van der Waals surface area (Å²) in [4.78, 5) is 2.34. The van der Waals surface area contributed by atoms with Crippen LogP contribution in [-0.2, 0) is 12.3 Å². The van der Waals surface area contributed by atoms with Gasteiger partial charge < -0.3 is 9.32 Å². The molecule has 0 spiro atoms. The van der Waals surface area contributed by atoms with Gasteiger partial charge in [-0.2, -0.15) is 5.10 Å². The molecule has 1 aliphatic heterocycles. The van der Waals surface area contributed by atoms with E-state index in [0.717, 1.165) is 47.0 Å². The van der Waals surface area contributed by atoms with Crippen molar-refractivity contribution in [3.8, 4) is 5.69 Å². The van der Waals surface area contributed by atoms with Gasteiger partial charge in [0.25, 0.3) is 0 Å². The molecule has 1 saturated heterocycles. The molecular weight excluding hydrogens is 396 g/mol. The summed E-state index contributed by atoms with van der Waals surface area (Å²) in [6.07, 6.45) is 9.39. The highest BCUT2D eigenvalue weighted by Gasteiger charge is 2.21. The van der Waals surface area contributed by atoms with E-state index in [1.165, 1.54) is 19.3 Å². The van der Waals surface area contributed by atoms with Gasteiger partial charge in [0.2, 0.25) is 5.95 Å². The lowest BCUT2D eigenvalue weighted by atomic mass is 10.1. The van der Waals surface area contributed by atoms with Crippen LogP contribution in [0.1, 0.15) is 30.6 Å². The highest BCUT2D eigenvalue weighted by atomic mass is 32.2. The third-order valence-corrected chi connectivity index (χ3v) is 6.29. The maximum atomic E-state index is 5.60. The Morgan fingerprint density at radius 2 is 1.83 bits per heavy atom. The highest BCUT2D eigenvalue weighted by molar-refractivity contribution is 7.98. The Kier molecular flexibility index (Phi) is 5.56. The molecule has 1 aliphatic rings. The maximum Gasteiger partial charge on any atom is 0.228 e.